The molecule has 4 heteroatoms. The third-order valence-electron chi connectivity index (χ3n) is 3.99. The van der Waals surface area contributed by atoms with Gasteiger partial charge < -0.3 is 15.4 Å². The fraction of sp³-hybridized carbons (Fsp3) is 0.611. The summed E-state index contributed by atoms with van der Waals surface area (Å²) in [6.45, 7) is 9.52. The lowest BCUT2D eigenvalue weighted by Crippen LogP contribution is -2.44. The van der Waals surface area contributed by atoms with Crippen molar-refractivity contribution >= 4 is 5.91 Å². The number of nitrogens with one attached hydrogen (secondary N) is 2. The maximum atomic E-state index is 11.9. The van der Waals surface area contributed by atoms with Gasteiger partial charge in [0.2, 0.25) is 5.91 Å². The van der Waals surface area contributed by atoms with E-state index in [-0.39, 0.29) is 17.4 Å². The Kier molecular flexibility index (Phi) is 5.98. The van der Waals surface area contributed by atoms with E-state index < -0.39 is 0 Å². The van der Waals surface area contributed by atoms with Crippen molar-refractivity contribution in [2.45, 2.75) is 45.1 Å². The molecule has 1 aliphatic rings. The number of hydrogen-bond donors (Lipinski definition) is 2. The Morgan fingerprint density at radius 2 is 2.05 bits per heavy atom. The maximum Gasteiger partial charge on any atom is 0.221 e. The molecule has 1 aromatic carbocycles. The Balaban J connectivity index is 1.70. The molecule has 2 rings (SSSR count). The second-order valence-corrected chi connectivity index (χ2v) is 6.98. The summed E-state index contributed by atoms with van der Waals surface area (Å²) in [5.74, 6) is 0.0920. The van der Waals surface area contributed by atoms with Crippen LogP contribution >= 0.6 is 0 Å². The second kappa shape index (κ2) is 7.75. The number of amides is 1. The van der Waals surface area contributed by atoms with Crippen LogP contribution in [0.25, 0.3) is 0 Å². The summed E-state index contributed by atoms with van der Waals surface area (Å²) < 4.78 is 5.35. The summed E-state index contributed by atoms with van der Waals surface area (Å²) in [6.07, 6.45) is 1.35. The molecule has 0 spiro atoms. The molecular formula is C18H28N2O2. The van der Waals surface area contributed by atoms with Crippen LogP contribution in [-0.2, 0) is 21.4 Å². The van der Waals surface area contributed by atoms with Crippen molar-refractivity contribution in [2.75, 3.05) is 26.3 Å². The number of benzene rings is 1. The molecule has 1 aliphatic heterocycles. The lowest BCUT2D eigenvalue weighted by molar-refractivity contribution is -0.122. The highest BCUT2D eigenvalue weighted by atomic mass is 16.5. The van der Waals surface area contributed by atoms with E-state index in [0.717, 1.165) is 19.6 Å². The molecule has 0 radical (unpaired) electrons. The van der Waals surface area contributed by atoms with Crippen LogP contribution in [0, 0.1) is 0 Å². The minimum Gasteiger partial charge on any atom is -0.378 e. The highest BCUT2D eigenvalue weighted by Gasteiger charge is 2.16. The molecule has 1 heterocycles. The van der Waals surface area contributed by atoms with Gasteiger partial charge in [-0.15, -0.1) is 0 Å². The minimum absolute atomic E-state index is 0.0920. The van der Waals surface area contributed by atoms with Gasteiger partial charge in [0, 0.05) is 25.6 Å². The van der Waals surface area contributed by atoms with Crippen molar-refractivity contribution in [3.8, 4) is 0 Å². The number of carbonyl (C=O) groups is 1. The zero-order valence-corrected chi connectivity index (χ0v) is 13.9. The van der Waals surface area contributed by atoms with Gasteiger partial charge in [0.05, 0.1) is 13.2 Å². The zero-order chi connectivity index (χ0) is 16.0. The summed E-state index contributed by atoms with van der Waals surface area (Å²) in [5.41, 5.74) is 2.78. The van der Waals surface area contributed by atoms with Gasteiger partial charge in [0.25, 0.3) is 0 Å². The fourth-order valence-corrected chi connectivity index (χ4v) is 2.56. The molecule has 1 amide bonds. The molecule has 1 atom stereocenters. The molecule has 1 fully saturated rings. The van der Waals surface area contributed by atoms with Gasteiger partial charge in [-0.1, -0.05) is 45.0 Å². The van der Waals surface area contributed by atoms with Crippen LogP contribution in [0.1, 0.15) is 38.3 Å². The van der Waals surface area contributed by atoms with Crippen LogP contribution in [-0.4, -0.2) is 38.3 Å². The van der Waals surface area contributed by atoms with Crippen LogP contribution in [0.4, 0.5) is 0 Å². The van der Waals surface area contributed by atoms with Crippen LogP contribution in [0.5, 0.6) is 0 Å². The second-order valence-electron chi connectivity index (χ2n) is 6.98. The molecule has 0 aromatic heterocycles. The van der Waals surface area contributed by atoms with Gasteiger partial charge in [-0.05, 0) is 23.0 Å². The maximum absolute atomic E-state index is 11.9. The minimum atomic E-state index is 0.0920. The van der Waals surface area contributed by atoms with Gasteiger partial charge >= 0.3 is 0 Å². The lowest BCUT2D eigenvalue weighted by atomic mass is 9.86. The van der Waals surface area contributed by atoms with Crippen molar-refractivity contribution in [3.63, 3.8) is 0 Å². The van der Waals surface area contributed by atoms with Gasteiger partial charge in [0.15, 0.2) is 0 Å². The number of rotatable bonds is 5. The molecule has 122 valence electrons. The third-order valence-corrected chi connectivity index (χ3v) is 3.99. The molecule has 4 nitrogen and oxygen atoms in total. The Morgan fingerprint density at radius 1 is 1.32 bits per heavy atom. The first-order valence-electron chi connectivity index (χ1n) is 8.12. The molecule has 0 aliphatic carbocycles. The average Bonchev–Trinajstić information content (AvgIpc) is 2.48. The summed E-state index contributed by atoms with van der Waals surface area (Å²) in [6, 6.07) is 8.83. The summed E-state index contributed by atoms with van der Waals surface area (Å²) in [4.78, 5) is 11.9. The normalized spacial score (nSPS) is 19.0. The van der Waals surface area contributed by atoms with E-state index >= 15 is 0 Å². The Bertz CT molecular complexity index is 471. The summed E-state index contributed by atoms with van der Waals surface area (Å²) in [5, 5.41) is 6.28. The van der Waals surface area contributed by atoms with E-state index in [1.54, 1.807) is 0 Å². The van der Waals surface area contributed by atoms with Crippen molar-refractivity contribution in [1.29, 1.82) is 0 Å². The van der Waals surface area contributed by atoms with E-state index in [0.29, 0.717) is 19.6 Å². The smallest absolute Gasteiger partial charge is 0.221 e. The molecule has 0 bridgehead atoms. The van der Waals surface area contributed by atoms with Gasteiger partial charge in [-0.2, -0.15) is 0 Å². The first kappa shape index (κ1) is 17.0. The third kappa shape index (κ3) is 5.43. The Labute approximate surface area is 133 Å². The van der Waals surface area contributed by atoms with Crippen LogP contribution in [0.15, 0.2) is 24.3 Å². The SMILES string of the molecule is CC(C)(C)c1ccc(CCNC(=O)CC2COCCN2)cc1. The fourth-order valence-electron chi connectivity index (χ4n) is 2.56. The van der Waals surface area contributed by atoms with Crippen LogP contribution in [0.3, 0.4) is 0 Å². The largest absolute Gasteiger partial charge is 0.378 e. The quantitative estimate of drug-likeness (QED) is 0.875. The highest BCUT2D eigenvalue weighted by molar-refractivity contribution is 5.76. The summed E-state index contributed by atoms with van der Waals surface area (Å²) in [7, 11) is 0. The Hall–Kier alpha value is -1.39. The standard InChI is InChI=1S/C18H28N2O2/c1-18(2,3)15-6-4-14(5-7-15)8-9-20-17(21)12-16-13-22-11-10-19-16/h4-7,16,19H,8-13H2,1-3H3,(H,20,21). The van der Waals surface area contributed by atoms with Crippen molar-refractivity contribution in [1.82, 2.24) is 10.6 Å². The lowest BCUT2D eigenvalue weighted by Gasteiger charge is -2.23. The van der Waals surface area contributed by atoms with E-state index in [4.69, 9.17) is 4.74 Å². The van der Waals surface area contributed by atoms with E-state index in [1.165, 1.54) is 11.1 Å². The number of carbonyl (C=O) groups excluding carboxylic acids is 1. The number of ether oxygens (including phenoxy) is 1. The molecule has 1 unspecified atom stereocenters. The van der Waals surface area contributed by atoms with Gasteiger partial charge in [0.1, 0.15) is 0 Å². The van der Waals surface area contributed by atoms with E-state index in [1.807, 2.05) is 0 Å². The van der Waals surface area contributed by atoms with Crippen LogP contribution in [0.2, 0.25) is 0 Å². The molecule has 1 saturated heterocycles. The number of hydrogen-bond acceptors (Lipinski definition) is 3. The molecule has 1 aromatic rings. The van der Waals surface area contributed by atoms with Crippen molar-refractivity contribution in [2.24, 2.45) is 0 Å². The van der Waals surface area contributed by atoms with Gasteiger partial charge in [-0.25, -0.2) is 0 Å². The van der Waals surface area contributed by atoms with Crippen molar-refractivity contribution < 1.29 is 9.53 Å². The molecular weight excluding hydrogens is 276 g/mol. The zero-order valence-electron chi connectivity index (χ0n) is 13.9. The van der Waals surface area contributed by atoms with Gasteiger partial charge in [-0.3, -0.25) is 4.79 Å². The monoisotopic (exact) mass is 304 g/mol. The van der Waals surface area contributed by atoms with Crippen LogP contribution < -0.4 is 10.6 Å². The molecule has 22 heavy (non-hydrogen) atoms. The predicted octanol–water partition coefficient (Wildman–Crippen LogP) is 2.02. The van der Waals surface area contributed by atoms with E-state index in [9.17, 15) is 4.79 Å². The molecule has 2 N–H and O–H groups in total. The summed E-state index contributed by atoms with van der Waals surface area (Å²) >= 11 is 0. The van der Waals surface area contributed by atoms with E-state index in [2.05, 4.69) is 55.7 Å². The Morgan fingerprint density at radius 3 is 2.64 bits per heavy atom. The number of morpholine rings is 1. The molecule has 0 saturated carbocycles. The first-order chi connectivity index (χ1) is 10.4. The first-order valence-corrected chi connectivity index (χ1v) is 8.12. The highest BCUT2D eigenvalue weighted by Crippen LogP contribution is 2.22. The average molecular weight is 304 g/mol. The van der Waals surface area contributed by atoms with Crippen molar-refractivity contribution in [3.05, 3.63) is 35.4 Å². The predicted molar refractivity (Wildman–Crippen MR) is 89.1 cm³/mol. The topological polar surface area (TPSA) is 50.4 Å².